The summed E-state index contributed by atoms with van der Waals surface area (Å²) < 4.78 is 10.8. The van der Waals surface area contributed by atoms with Gasteiger partial charge < -0.3 is 24.6 Å². The van der Waals surface area contributed by atoms with Gasteiger partial charge in [0.25, 0.3) is 0 Å². The number of hydrogen-bond acceptors (Lipinski definition) is 3. The first-order chi connectivity index (χ1) is 13.2. The Morgan fingerprint density at radius 3 is 2.52 bits per heavy atom. The number of hydrogen-bond donors (Lipinski definition) is 2. The largest absolute Gasteiger partial charge is 0.454 e. The monoisotopic (exact) mass is 404 g/mol. The van der Waals surface area contributed by atoms with Crippen molar-refractivity contribution in [1.29, 1.82) is 0 Å². The quantitative estimate of drug-likeness (QED) is 0.761. The van der Waals surface area contributed by atoms with Crippen LogP contribution >= 0.6 is 23.8 Å². The number of nitrogens with zero attached hydrogens (tertiary/aromatic N) is 1. The molecule has 0 aromatic heterocycles. The zero-order valence-electron chi connectivity index (χ0n) is 15.0. The Kier molecular flexibility index (Phi) is 5.66. The number of halogens is 1. The van der Waals surface area contributed by atoms with Crippen molar-refractivity contribution in [1.82, 2.24) is 10.2 Å². The molecule has 142 valence electrons. The van der Waals surface area contributed by atoms with Gasteiger partial charge in [0, 0.05) is 17.1 Å². The summed E-state index contributed by atoms with van der Waals surface area (Å²) in [4.78, 5) is 3.83. The van der Waals surface area contributed by atoms with Gasteiger partial charge in [-0.25, -0.2) is 0 Å². The predicted molar refractivity (Wildman–Crippen MR) is 109 cm³/mol. The second-order valence-corrected chi connectivity index (χ2v) is 7.71. The van der Waals surface area contributed by atoms with Crippen LogP contribution in [0.2, 0.25) is 5.02 Å². The normalized spacial score (nSPS) is 16.4. The molecule has 2 aromatic rings. The molecule has 0 radical (unpaired) electrons. The molecule has 0 aliphatic carbocycles. The van der Waals surface area contributed by atoms with Gasteiger partial charge in [0.1, 0.15) is 6.54 Å². The number of nitrogens with one attached hydrogen (secondary N) is 2. The Morgan fingerprint density at radius 1 is 1.04 bits per heavy atom. The lowest BCUT2D eigenvalue weighted by Gasteiger charge is -2.34. The average molecular weight is 405 g/mol. The van der Waals surface area contributed by atoms with E-state index in [1.807, 2.05) is 30.3 Å². The third-order valence-electron chi connectivity index (χ3n) is 5.01. The van der Waals surface area contributed by atoms with Gasteiger partial charge in [-0.2, -0.15) is 0 Å². The molecule has 0 spiro atoms. The van der Waals surface area contributed by atoms with Gasteiger partial charge in [0.2, 0.25) is 6.79 Å². The van der Waals surface area contributed by atoms with Crippen LogP contribution < -0.4 is 19.7 Å². The Balaban J connectivity index is 1.23. The van der Waals surface area contributed by atoms with Gasteiger partial charge in [-0.1, -0.05) is 29.8 Å². The molecule has 1 fully saturated rings. The van der Waals surface area contributed by atoms with Crippen molar-refractivity contribution in [2.75, 3.05) is 33.0 Å². The molecule has 2 aromatic carbocycles. The zero-order chi connectivity index (χ0) is 18.6. The van der Waals surface area contributed by atoms with Crippen LogP contribution in [0.4, 0.5) is 0 Å². The van der Waals surface area contributed by atoms with E-state index in [4.69, 9.17) is 33.3 Å². The molecule has 0 bridgehead atoms. The Hall–Kier alpha value is -2.02. The van der Waals surface area contributed by atoms with E-state index in [9.17, 15) is 0 Å². The number of benzene rings is 2. The number of rotatable bonds is 4. The molecular formula is C20H23ClN3O2S+. The van der Waals surface area contributed by atoms with Crippen LogP contribution in [0.1, 0.15) is 11.1 Å². The minimum absolute atomic E-state index is 0.299. The summed E-state index contributed by atoms with van der Waals surface area (Å²) >= 11 is 11.6. The standard InChI is InChI=1S/C20H22ClN3O2S/c21-17-4-1-15(2-5-17)13-23-7-9-24(10-8-23)20(27)22-12-16-3-6-18-19(11-16)26-14-25-18/h1-6,11H,7-10,12-14H2,(H,22,27)/p+1. The fourth-order valence-electron chi connectivity index (χ4n) is 3.43. The topological polar surface area (TPSA) is 38.2 Å². The van der Waals surface area contributed by atoms with Gasteiger partial charge in [0.05, 0.1) is 26.2 Å². The van der Waals surface area contributed by atoms with E-state index in [1.54, 1.807) is 4.90 Å². The van der Waals surface area contributed by atoms with E-state index in [2.05, 4.69) is 22.3 Å². The summed E-state index contributed by atoms with van der Waals surface area (Å²) in [6, 6.07) is 14.1. The first-order valence-electron chi connectivity index (χ1n) is 9.17. The van der Waals surface area contributed by atoms with E-state index < -0.39 is 0 Å². The molecule has 2 aliphatic rings. The molecule has 5 nitrogen and oxygen atoms in total. The highest BCUT2D eigenvalue weighted by atomic mass is 35.5. The second-order valence-electron chi connectivity index (χ2n) is 6.89. The lowest BCUT2D eigenvalue weighted by Crippen LogP contribution is -3.13. The summed E-state index contributed by atoms with van der Waals surface area (Å²) in [5, 5.41) is 4.97. The molecule has 0 unspecified atom stereocenters. The SMILES string of the molecule is S=C(NCc1ccc2c(c1)OCO2)N1CC[NH+](Cc2ccc(Cl)cc2)CC1. The fourth-order valence-corrected chi connectivity index (χ4v) is 3.81. The maximum atomic E-state index is 5.96. The van der Waals surface area contributed by atoms with Crippen LogP contribution in [0.3, 0.4) is 0 Å². The van der Waals surface area contributed by atoms with Crippen molar-refractivity contribution in [2.24, 2.45) is 0 Å². The molecule has 7 heteroatoms. The molecule has 27 heavy (non-hydrogen) atoms. The molecule has 2 heterocycles. The predicted octanol–water partition coefficient (Wildman–Crippen LogP) is 1.84. The van der Waals surface area contributed by atoms with E-state index in [0.29, 0.717) is 13.3 Å². The van der Waals surface area contributed by atoms with Crippen molar-refractivity contribution in [2.45, 2.75) is 13.1 Å². The van der Waals surface area contributed by atoms with Crippen LogP contribution in [0, 0.1) is 0 Å². The lowest BCUT2D eigenvalue weighted by atomic mass is 10.2. The summed E-state index contributed by atoms with van der Waals surface area (Å²) in [7, 11) is 0. The first-order valence-corrected chi connectivity index (χ1v) is 9.95. The van der Waals surface area contributed by atoms with Crippen molar-refractivity contribution >= 4 is 28.9 Å². The average Bonchev–Trinajstić information content (AvgIpc) is 3.16. The van der Waals surface area contributed by atoms with E-state index in [-0.39, 0.29) is 0 Å². The maximum Gasteiger partial charge on any atom is 0.231 e. The number of piperazine rings is 1. The Bertz CT molecular complexity index is 807. The lowest BCUT2D eigenvalue weighted by molar-refractivity contribution is -0.917. The van der Waals surface area contributed by atoms with E-state index in [1.165, 1.54) is 5.56 Å². The van der Waals surface area contributed by atoms with Crippen LogP contribution in [-0.2, 0) is 13.1 Å². The third-order valence-corrected chi connectivity index (χ3v) is 5.66. The smallest absolute Gasteiger partial charge is 0.231 e. The first kappa shape index (κ1) is 18.3. The Morgan fingerprint density at radius 2 is 1.74 bits per heavy atom. The highest BCUT2D eigenvalue weighted by molar-refractivity contribution is 7.80. The van der Waals surface area contributed by atoms with Gasteiger partial charge in [-0.3, -0.25) is 0 Å². The second kappa shape index (κ2) is 8.33. The molecule has 0 saturated carbocycles. The van der Waals surface area contributed by atoms with Crippen molar-refractivity contribution in [3.05, 3.63) is 58.6 Å². The minimum Gasteiger partial charge on any atom is -0.454 e. The fraction of sp³-hybridized carbons (Fsp3) is 0.350. The third kappa shape index (κ3) is 4.64. The van der Waals surface area contributed by atoms with Crippen molar-refractivity contribution in [3.63, 3.8) is 0 Å². The summed E-state index contributed by atoms with van der Waals surface area (Å²) in [5.74, 6) is 1.61. The Labute approximate surface area is 169 Å². The molecule has 1 saturated heterocycles. The minimum atomic E-state index is 0.299. The molecule has 0 amide bonds. The zero-order valence-corrected chi connectivity index (χ0v) is 16.6. The van der Waals surface area contributed by atoms with Gasteiger partial charge in [-0.15, -0.1) is 0 Å². The van der Waals surface area contributed by atoms with Crippen LogP contribution in [-0.4, -0.2) is 43.0 Å². The summed E-state index contributed by atoms with van der Waals surface area (Å²) in [6.07, 6.45) is 0. The van der Waals surface area contributed by atoms with Crippen LogP contribution in [0.15, 0.2) is 42.5 Å². The van der Waals surface area contributed by atoms with Crippen LogP contribution in [0.5, 0.6) is 11.5 Å². The van der Waals surface area contributed by atoms with Gasteiger partial charge in [0.15, 0.2) is 16.6 Å². The van der Waals surface area contributed by atoms with Gasteiger partial charge in [-0.05, 0) is 42.0 Å². The van der Waals surface area contributed by atoms with Gasteiger partial charge >= 0.3 is 0 Å². The molecular weight excluding hydrogens is 382 g/mol. The number of fused-ring (bicyclic) bond motifs is 1. The summed E-state index contributed by atoms with van der Waals surface area (Å²) in [6.45, 7) is 6.11. The van der Waals surface area contributed by atoms with Crippen molar-refractivity contribution < 1.29 is 14.4 Å². The van der Waals surface area contributed by atoms with E-state index >= 15 is 0 Å². The van der Waals surface area contributed by atoms with Crippen LogP contribution in [0.25, 0.3) is 0 Å². The summed E-state index contributed by atoms with van der Waals surface area (Å²) in [5.41, 5.74) is 2.46. The molecule has 2 N–H and O–H groups in total. The number of thiocarbonyl (C=S) groups is 1. The maximum absolute atomic E-state index is 5.96. The highest BCUT2D eigenvalue weighted by Gasteiger charge is 2.22. The number of quaternary nitrogens is 1. The number of ether oxygens (including phenoxy) is 2. The highest BCUT2D eigenvalue weighted by Crippen LogP contribution is 2.32. The van der Waals surface area contributed by atoms with Crippen molar-refractivity contribution in [3.8, 4) is 11.5 Å². The molecule has 0 atom stereocenters. The van der Waals surface area contributed by atoms with E-state index in [0.717, 1.165) is 59.9 Å². The molecule has 4 rings (SSSR count). The molecule has 2 aliphatic heterocycles.